The van der Waals surface area contributed by atoms with Gasteiger partial charge in [0.05, 0.1) is 29.0 Å². The summed E-state index contributed by atoms with van der Waals surface area (Å²) in [5, 5.41) is 7.08. The van der Waals surface area contributed by atoms with Crippen LogP contribution in [0.2, 0.25) is 0 Å². The second-order valence-electron chi connectivity index (χ2n) is 17.1. The Morgan fingerprint density at radius 3 is 2.38 bits per heavy atom. The lowest BCUT2D eigenvalue weighted by atomic mass is 9.85. The van der Waals surface area contributed by atoms with E-state index in [2.05, 4.69) is 15.6 Å². The molecule has 0 radical (unpaired) electrons. The average Bonchev–Trinajstić information content (AvgIpc) is 3.75. The third-order valence-electron chi connectivity index (χ3n) is 10.4. The first-order chi connectivity index (χ1) is 28.4. The lowest BCUT2D eigenvalue weighted by molar-refractivity contribution is -0.189. The topological polar surface area (TPSA) is 197 Å². The number of cyclic esters (lactones) is 1. The molecule has 0 saturated carbocycles. The second-order valence-corrected chi connectivity index (χ2v) is 17.1. The maximum atomic E-state index is 14.1. The molecule has 2 aliphatic heterocycles. The maximum Gasteiger partial charge on any atom is 0.408 e. The number of hydrogen-bond acceptors (Lipinski definition) is 11. The molecule has 0 saturated heterocycles. The van der Waals surface area contributed by atoms with E-state index in [1.807, 2.05) is 54.6 Å². The van der Waals surface area contributed by atoms with Crippen LogP contribution in [0, 0.1) is 0 Å². The highest BCUT2D eigenvalue weighted by atomic mass is 16.6. The first kappa shape index (κ1) is 41.6. The third-order valence-corrected chi connectivity index (χ3v) is 10.4. The lowest BCUT2D eigenvalue weighted by Gasteiger charge is -2.35. The average molecular weight is 820 g/mol. The van der Waals surface area contributed by atoms with Crippen LogP contribution in [-0.2, 0) is 63.3 Å². The number of alkyl carbamates (subject to hydrolysis) is 1. The van der Waals surface area contributed by atoms with E-state index >= 15 is 0 Å². The molecule has 5 aromatic rings. The van der Waals surface area contributed by atoms with Crippen LogP contribution in [0.15, 0.2) is 71.7 Å². The van der Waals surface area contributed by atoms with Crippen molar-refractivity contribution in [3.63, 3.8) is 0 Å². The van der Waals surface area contributed by atoms with Crippen LogP contribution in [0.3, 0.4) is 0 Å². The molecule has 314 valence electrons. The second kappa shape index (κ2) is 15.9. The molecule has 7 rings (SSSR count). The summed E-state index contributed by atoms with van der Waals surface area (Å²) < 4.78 is 24.2. The van der Waals surface area contributed by atoms with Crippen LogP contribution in [0.4, 0.5) is 4.79 Å². The summed E-state index contributed by atoms with van der Waals surface area (Å²) in [6.45, 7) is 11.7. The Morgan fingerprint density at radius 2 is 1.65 bits per heavy atom. The van der Waals surface area contributed by atoms with Gasteiger partial charge in [-0.15, -0.1) is 0 Å². The van der Waals surface area contributed by atoms with Crippen molar-refractivity contribution in [2.24, 2.45) is 0 Å². The predicted molar refractivity (Wildman–Crippen MR) is 221 cm³/mol. The molecule has 0 fully saturated rings. The van der Waals surface area contributed by atoms with Crippen molar-refractivity contribution in [1.82, 2.24) is 25.2 Å². The zero-order chi connectivity index (χ0) is 43.1. The van der Waals surface area contributed by atoms with Crippen LogP contribution in [-0.4, -0.2) is 67.7 Å². The van der Waals surface area contributed by atoms with Crippen molar-refractivity contribution in [3.8, 4) is 11.4 Å². The van der Waals surface area contributed by atoms with Crippen LogP contribution in [0.5, 0.6) is 0 Å². The summed E-state index contributed by atoms with van der Waals surface area (Å²) in [6.07, 6.45) is 0.0947. The molecule has 60 heavy (non-hydrogen) atoms. The van der Waals surface area contributed by atoms with E-state index in [9.17, 15) is 28.8 Å². The van der Waals surface area contributed by atoms with Crippen molar-refractivity contribution in [1.29, 1.82) is 0 Å². The number of carbonyl (C=O) groups is 5. The molecule has 0 aliphatic carbocycles. The van der Waals surface area contributed by atoms with Crippen molar-refractivity contribution >= 4 is 51.7 Å². The number of esters is 3. The van der Waals surface area contributed by atoms with E-state index in [1.165, 1.54) is 0 Å². The Kier molecular flexibility index (Phi) is 11.1. The summed E-state index contributed by atoms with van der Waals surface area (Å²) in [7, 11) is 0. The molecule has 3 atom stereocenters. The number of pyridine rings is 2. The molecule has 0 unspecified atom stereocenters. The number of aromatic nitrogens is 3. The van der Waals surface area contributed by atoms with Gasteiger partial charge in [0.15, 0.2) is 0 Å². The number of benzene rings is 2. The van der Waals surface area contributed by atoms with Crippen molar-refractivity contribution < 1.29 is 42.9 Å². The smallest absolute Gasteiger partial charge is 0.408 e. The normalized spacial score (nSPS) is 16.8. The molecule has 5 heterocycles. The monoisotopic (exact) mass is 819 g/mol. The van der Waals surface area contributed by atoms with Crippen LogP contribution in [0.25, 0.3) is 33.2 Å². The number of fused-ring (bicyclic) bond motifs is 6. The number of nitrogens with zero attached hydrogens (tertiary/aromatic N) is 2. The van der Waals surface area contributed by atoms with Gasteiger partial charge in [-0.2, -0.15) is 0 Å². The fraction of sp³-hybridized carbons (Fsp3) is 0.400. The van der Waals surface area contributed by atoms with Gasteiger partial charge in [0, 0.05) is 46.5 Å². The van der Waals surface area contributed by atoms with E-state index < -0.39 is 65.2 Å². The van der Waals surface area contributed by atoms with Gasteiger partial charge in [-0.1, -0.05) is 43.3 Å². The Balaban J connectivity index is 1.14. The fourth-order valence-corrected chi connectivity index (χ4v) is 7.66. The van der Waals surface area contributed by atoms with Crippen LogP contribution >= 0.6 is 0 Å². The van der Waals surface area contributed by atoms with Gasteiger partial charge in [0.1, 0.15) is 29.9 Å². The molecular weight excluding hydrogens is 771 g/mol. The molecule has 3 N–H and O–H groups in total. The Hall–Kier alpha value is -6.51. The zero-order valence-electron chi connectivity index (χ0n) is 34.7. The molecular formula is C45H49N5O10. The SMILES string of the molecule is CC[C@@]1(OC(=O)CC[C@H](NC(=O)[C@H](Cc2c[nH]c3ccccc23)NC(=O)OC(C)(C)C)C(=O)OC(C)(C)C)C(=O)OCc2c1cc1n(c2=O)Cc2cc3ccccc3nc2-1. The summed E-state index contributed by atoms with van der Waals surface area (Å²) in [4.78, 5) is 90.3. The van der Waals surface area contributed by atoms with Crippen LogP contribution < -0.4 is 16.2 Å². The summed E-state index contributed by atoms with van der Waals surface area (Å²) in [5.41, 5.74) is 0.384. The fourth-order valence-electron chi connectivity index (χ4n) is 7.66. The van der Waals surface area contributed by atoms with Gasteiger partial charge in [-0.25, -0.2) is 19.4 Å². The number of hydrogen-bond donors (Lipinski definition) is 3. The number of aromatic amines is 1. The number of carbonyl (C=O) groups excluding carboxylic acids is 5. The predicted octanol–water partition coefficient (Wildman–Crippen LogP) is 5.85. The minimum Gasteiger partial charge on any atom is -0.458 e. The molecule has 3 aromatic heterocycles. The summed E-state index contributed by atoms with van der Waals surface area (Å²) in [5.74, 6) is -3.30. The van der Waals surface area contributed by atoms with Crippen molar-refractivity contribution in [2.75, 3.05) is 0 Å². The Morgan fingerprint density at radius 1 is 0.933 bits per heavy atom. The van der Waals surface area contributed by atoms with E-state index in [4.69, 9.17) is 23.9 Å². The van der Waals surface area contributed by atoms with Crippen LogP contribution in [0.1, 0.15) is 90.0 Å². The maximum absolute atomic E-state index is 14.1. The number of H-pyrrole nitrogens is 1. The van der Waals surface area contributed by atoms with Gasteiger partial charge >= 0.3 is 24.0 Å². The summed E-state index contributed by atoms with van der Waals surface area (Å²) >= 11 is 0. The number of para-hydroxylation sites is 2. The quantitative estimate of drug-likeness (QED) is 0.105. The molecule has 15 heteroatoms. The van der Waals surface area contributed by atoms with Crippen molar-refractivity contribution in [3.05, 3.63) is 99.5 Å². The van der Waals surface area contributed by atoms with E-state index in [0.717, 1.165) is 32.9 Å². The minimum atomic E-state index is -1.98. The highest BCUT2D eigenvalue weighted by Gasteiger charge is 2.50. The first-order valence-electron chi connectivity index (χ1n) is 20.0. The highest BCUT2D eigenvalue weighted by Crippen LogP contribution is 2.41. The van der Waals surface area contributed by atoms with Gasteiger partial charge in [0.2, 0.25) is 11.5 Å². The molecule has 0 spiro atoms. The number of ether oxygens (including phenoxy) is 4. The molecule has 2 aliphatic rings. The summed E-state index contributed by atoms with van der Waals surface area (Å²) in [6, 6.07) is 16.1. The number of amides is 2. The number of nitrogens with one attached hydrogen (secondary N) is 3. The molecule has 0 bridgehead atoms. The van der Waals surface area contributed by atoms with Gasteiger partial charge in [-0.3, -0.25) is 14.4 Å². The standard InChI is InChI=1S/C45H49N5O10/c1-8-45(30-21-35-37-27(19-25-13-9-11-15-31(25)47-37)23-50(35)39(53)29(30)24-57-41(45)55)58-36(51)18-17-33(40(54)59-43(2,3)4)48-38(52)34(49-42(56)60-44(5,6)7)20-26-22-46-32-16-12-10-14-28(26)32/h9-16,19,21-22,33-34,46H,8,17-18,20,23-24H2,1-7H3,(H,48,52)(H,49,56)/t33-,34-,45-/m0/s1. The lowest BCUT2D eigenvalue weighted by Crippen LogP contribution is -2.54. The van der Waals surface area contributed by atoms with Gasteiger partial charge < -0.3 is 39.1 Å². The van der Waals surface area contributed by atoms with Gasteiger partial charge in [-0.05, 0) is 84.2 Å². The third kappa shape index (κ3) is 8.47. The highest BCUT2D eigenvalue weighted by molar-refractivity contribution is 5.92. The first-order valence-corrected chi connectivity index (χ1v) is 20.0. The van der Waals surface area contributed by atoms with Crippen molar-refractivity contribution in [2.45, 2.75) is 116 Å². The molecule has 2 aromatic carbocycles. The minimum absolute atomic E-state index is 0.0264. The van der Waals surface area contributed by atoms with E-state index in [-0.39, 0.29) is 49.1 Å². The van der Waals surface area contributed by atoms with E-state index in [0.29, 0.717) is 11.4 Å². The Labute approximate surface area is 346 Å². The zero-order valence-corrected chi connectivity index (χ0v) is 34.7. The molecule has 2 amide bonds. The Bertz CT molecular complexity index is 2600. The largest absolute Gasteiger partial charge is 0.458 e. The van der Waals surface area contributed by atoms with E-state index in [1.54, 1.807) is 65.3 Å². The van der Waals surface area contributed by atoms with Gasteiger partial charge in [0.25, 0.3) is 5.56 Å². The molecule has 15 nitrogen and oxygen atoms in total. The number of rotatable bonds is 11.